The van der Waals surface area contributed by atoms with Crippen LogP contribution >= 0.6 is 23.2 Å². The standard InChI is InChI=1S/C98H99Cl2N9O20/c1-11-41-123-89-77-46-63-47-78(89)128-75-40-33-62(45-70(75)100)88(112)86-96(119)106-84(92(115)101-7)68-48-66(124-51-55-21-15-12-16-22-55)49-76(126-53-57-25-19-14-20-26-57)80(68)67-43-60(31-38-73(67)125-52-56-23-17-13-18-24-56)82(93(116)108-86)105-94(117)83(63)104-90(113)71(50-79(110)103-81(58-27-34-64(121-9)35-28-58)59-29-36-65(122-10)37-30-59)102-95(118)85(87(111)61-32-39-74(127-77)69(99)44-61)107-91(114)72(42-54(2)3)109(8)97(120)129-98(4,5)6/h11-40,43-49,54,71-72,81-88,111-112H,1,41-42,50-53H2,2-10H3,(H,101,115)(H,102,118)(H,103,110)(H,104,113)(H,105,117)(H,106,119)(H,107,114)(H,108,116)/t71-,72+,82+,83+,84-,85+,86-,87+,88+/m0/s1. The van der Waals surface area contributed by atoms with Gasteiger partial charge in [0.25, 0.3) is 0 Å². The van der Waals surface area contributed by atoms with E-state index in [1.807, 2.05) is 91.0 Å². The Bertz CT molecular complexity index is 5740. The Labute approximate surface area is 755 Å². The van der Waals surface area contributed by atoms with E-state index in [0.29, 0.717) is 33.8 Å². The van der Waals surface area contributed by atoms with Gasteiger partial charge < -0.3 is 95.4 Å². The Morgan fingerprint density at radius 2 is 1.07 bits per heavy atom. The summed E-state index contributed by atoms with van der Waals surface area (Å²) in [7, 11) is 5.65. The Morgan fingerprint density at radius 3 is 1.60 bits per heavy atom. The van der Waals surface area contributed by atoms with Crippen LogP contribution in [-0.2, 0) is 62.9 Å². The van der Waals surface area contributed by atoms with Gasteiger partial charge in [-0.05, 0) is 168 Å². The Morgan fingerprint density at radius 1 is 0.550 bits per heavy atom. The van der Waals surface area contributed by atoms with Gasteiger partial charge in [0, 0.05) is 31.3 Å². The number of nitrogens with zero attached hydrogens (tertiary/aromatic N) is 1. The van der Waals surface area contributed by atoms with Crippen molar-refractivity contribution in [3.8, 4) is 68.6 Å². The van der Waals surface area contributed by atoms with Gasteiger partial charge in [0.05, 0.1) is 36.7 Å². The maximum Gasteiger partial charge on any atom is 0.410 e. The van der Waals surface area contributed by atoms with E-state index in [1.165, 1.54) is 101 Å². The lowest BCUT2D eigenvalue weighted by atomic mass is 9.89. The topological polar surface area (TPSA) is 377 Å². The highest BCUT2D eigenvalue weighted by Crippen LogP contribution is 2.50. The third kappa shape index (κ3) is 22.6. The zero-order chi connectivity index (χ0) is 91.9. The molecule has 31 heteroatoms. The molecule has 29 nitrogen and oxygen atoms in total. The molecule has 5 aliphatic rings. The zero-order valence-corrected chi connectivity index (χ0v) is 73.6. The average Bonchev–Trinajstić information content (AvgIpc) is 0.756. The number of halogens is 2. The van der Waals surface area contributed by atoms with Crippen LogP contribution in [0, 0.1) is 5.92 Å². The summed E-state index contributed by atoms with van der Waals surface area (Å²) >= 11 is 14.5. The van der Waals surface area contributed by atoms with Crippen molar-refractivity contribution in [2.75, 3.05) is 34.9 Å². The summed E-state index contributed by atoms with van der Waals surface area (Å²) in [5, 5.41) is 47.6. The second-order valence-corrected chi connectivity index (χ2v) is 33.2. The number of benzene rings is 10. The summed E-state index contributed by atoms with van der Waals surface area (Å²) in [6.07, 6.45) is -4.73. The van der Waals surface area contributed by atoms with E-state index in [9.17, 15) is 15.0 Å². The van der Waals surface area contributed by atoms with E-state index in [4.69, 9.17) is 65.8 Å². The van der Waals surface area contributed by atoms with Crippen molar-refractivity contribution in [3.05, 3.63) is 297 Å². The third-order valence-electron chi connectivity index (χ3n) is 21.6. The Balaban J connectivity index is 1.04. The van der Waals surface area contributed by atoms with Gasteiger partial charge in [-0.25, -0.2) is 4.79 Å². The number of fused-ring (bicyclic) bond motifs is 15. The Hall–Kier alpha value is -14.1. The molecular formula is C98H99Cl2N9O20. The van der Waals surface area contributed by atoms with Crippen molar-refractivity contribution in [1.82, 2.24) is 47.4 Å². The van der Waals surface area contributed by atoms with Crippen molar-refractivity contribution < 1.29 is 96.0 Å². The maximum atomic E-state index is 17.0. The van der Waals surface area contributed by atoms with Crippen LogP contribution in [0.2, 0.25) is 10.0 Å². The van der Waals surface area contributed by atoms with Gasteiger partial charge in [-0.1, -0.05) is 183 Å². The molecule has 10 aromatic rings. The molecule has 0 aromatic heterocycles. The minimum absolute atomic E-state index is 0.000652. The smallest absolute Gasteiger partial charge is 0.410 e. The number of aliphatic hydroxyl groups excluding tert-OH is 2. The van der Waals surface area contributed by atoms with Crippen LogP contribution in [0.1, 0.15) is 139 Å². The first kappa shape index (κ1) is 92.5. The fraction of sp³-hybridized carbons (Fsp3) is 0.276. The van der Waals surface area contributed by atoms with Gasteiger partial charge >= 0.3 is 6.09 Å². The first-order chi connectivity index (χ1) is 61.9. The molecule has 0 aliphatic carbocycles. The van der Waals surface area contributed by atoms with Crippen molar-refractivity contribution in [2.24, 2.45) is 5.92 Å². The van der Waals surface area contributed by atoms with Gasteiger partial charge in [-0.15, -0.1) is 0 Å². The number of rotatable bonds is 25. The van der Waals surface area contributed by atoms with E-state index >= 15 is 38.4 Å². The molecule has 9 atom stereocenters. The summed E-state index contributed by atoms with van der Waals surface area (Å²) in [4.78, 5) is 143. The van der Waals surface area contributed by atoms with Crippen LogP contribution in [-0.4, -0.2) is 133 Å². The van der Waals surface area contributed by atoms with E-state index in [1.54, 1.807) is 95.3 Å². The number of aliphatic hydroxyl groups is 2. The largest absolute Gasteiger partial charge is 0.497 e. The van der Waals surface area contributed by atoms with E-state index in [0.717, 1.165) is 10.5 Å². The lowest BCUT2D eigenvalue weighted by molar-refractivity contribution is -0.138. The first-order valence-corrected chi connectivity index (χ1v) is 42.3. The van der Waals surface area contributed by atoms with Crippen LogP contribution < -0.4 is 80.4 Å². The third-order valence-corrected chi connectivity index (χ3v) is 22.2. The number of amides is 9. The van der Waals surface area contributed by atoms with Gasteiger partial charge in [0.2, 0.25) is 53.0 Å². The normalized spacial score (nSPS) is 18.1. The molecule has 0 fully saturated rings. The number of hydrogen-bond donors (Lipinski definition) is 10. The minimum atomic E-state index is -2.21. The highest BCUT2D eigenvalue weighted by atomic mass is 35.5. The fourth-order valence-electron chi connectivity index (χ4n) is 14.9. The highest BCUT2D eigenvalue weighted by Gasteiger charge is 2.44. The molecule has 0 radical (unpaired) electrons. The van der Waals surface area contributed by atoms with Gasteiger partial charge in [0.1, 0.15) is 127 Å². The summed E-state index contributed by atoms with van der Waals surface area (Å²) in [6.45, 7) is 11.9. The minimum Gasteiger partial charge on any atom is -0.497 e. The molecule has 15 rings (SSSR count). The molecule has 5 heterocycles. The number of likely N-dealkylation sites (N-methyl/N-ethyl adjacent to an activating group) is 2. The zero-order valence-electron chi connectivity index (χ0n) is 72.1. The molecule has 129 heavy (non-hydrogen) atoms. The van der Waals surface area contributed by atoms with Crippen molar-refractivity contribution >= 4 is 76.6 Å². The summed E-state index contributed by atoms with van der Waals surface area (Å²) in [5.41, 5.74) is 1.80. The predicted molar refractivity (Wildman–Crippen MR) is 480 cm³/mol. The summed E-state index contributed by atoms with van der Waals surface area (Å²) in [6, 6.07) is 44.1. The van der Waals surface area contributed by atoms with Crippen LogP contribution in [0.4, 0.5) is 4.79 Å². The number of ether oxygens (including phenoxy) is 9. The molecule has 10 aromatic carbocycles. The highest BCUT2D eigenvalue weighted by molar-refractivity contribution is 6.32. The average molecular weight is 1790 g/mol. The summed E-state index contributed by atoms with van der Waals surface area (Å²) < 4.78 is 57.0. The van der Waals surface area contributed by atoms with Crippen molar-refractivity contribution in [3.63, 3.8) is 0 Å². The number of methoxy groups -OCH3 is 2. The second kappa shape index (κ2) is 41.5. The first-order valence-electron chi connectivity index (χ1n) is 41.6. The van der Waals surface area contributed by atoms with Crippen LogP contribution in [0.25, 0.3) is 11.1 Å². The SMILES string of the molecule is C=CCOc1c2cc3cc1Oc1ccc(cc1Cl)[C@@H](O)[C@@H](NC(=O)[C@@H](CC(C)C)N(C)C(=O)OC(C)(C)C)C(=O)N[C@@H](CC(=O)NC(c1ccc(OC)cc1)c1ccc(OC)cc1)C(=O)N[C@H]3C(=O)N[C@H]1C(=O)N[C@H](C(=O)N[C@H](C(=O)NC)c3cc(OCc4ccccc4)cc(OCc4ccccc4)c3-c3cc1ccc3OCc1ccccc1)[C@H](O)c1ccc(c(Cl)c1)O2. The molecule has 0 saturated carbocycles. The summed E-state index contributed by atoms with van der Waals surface area (Å²) in [5.74, 6) is -9.22. The molecule has 11 bridgehead atoms. The van der Waals surface area contributed by atoms with Crippen LogP contribution in [0.3, 0.4) is 0 Å². The van der Waals surface area contributed by atoms with E-state index in [2.05, 4.69) is 49.1 Å². The van der Waals surface area contributed by atoms with E-state index in [-0.39, 0.29) is 134 Å². The molecule has 670 valence electrons. The molecule has 10 N–H and O–H groups in total. The number of carbonyl (C=O) groups is 9. The number of nitrogens with one attached hydrogen (secondary N) is 8. The second-order valence-electron chi connectivity index (χ2n) is 32.3. The van der Waals surface area contributed by atoms with Gasteiger partial charge in [0.15, 0.2) is 11.5 Å². The maximum absolute atomic E-state index is 17.0. The van der Waals surface area contributed by atoms with Crippen LogP contribution in [0.15, 0.2) is 231 Å². The monoisotopic (exact) mass is 1790 g/mol. The van der Waals surface area contributed by atoms with Gasteiger partial charge in [-0.3, -0.25) is 43.3 Å². The van der Waals surface area contributed by atoms with E-state index < -0.39 is 126 Å². The van der Waals surface area contributed by atoms with Gasteiger partial charge in [-0.2, -0.15) is 0 Å². The van der Waals surface area contributed by atoms with Crippen molar-refractivity contribution in [2.45, 2.75) is 133 Å². The molecule has 0 spiro atoms. The molecule has 0 saturated heterocycles. The quantitative estimate of drug-likeness (QED) is 0.0238. The lowest BCUT2D eigenvalue weighted by Crippen LogP contribution is -2.60. The predicted octanol–water partition coefficient (Wildman–Crippen LogP) is 13.6. The number of hydrogen-bond acceptors (Lipinski definition) is 20. The molecule has 5 aliphatic heterocycles. The molecule has 0 unspecified atom stereocenters. The fourth-order valence-corrected chi connectivity index (χ4v) is 15.4. The van der Waals surface area contributed by atoms with Crippen molar-refractivity contribution in [1.29, 1.82) is 0 Å². The van der Waals surface area contributed by atoms with Crippen LogP contribution in [0.5, 0.6) is 57.5 Å². The Kier molecular flexibility index (Phi) is 29.8. The molecular weight excluding hydrogens is 1690 g/mol. The molecule has 9 amide bonds. The lowest BCUT2D eigenvalue weighted by Gasteiger charge is -2.33. The number of carbonyl (C=O) groups excluding carboxylic acids is 9.